The van der Waals surface area contributed by atoms with Crippen LogP contribution in [0.15, 0.2) is 18.6 Å². The molecule has 0 aliphatic heterocycles. The topological polar surface area (TPSA) is 55.6 Å². The van der Waals surface area contributed by atoms with Gasteiger partial charge in [0.05, 0.1) is 28.1 Å². The summed E-state index contributed by atoms with van der Waals surface area (Å²) >= 11 is 6.42. The minimum Gasteiger partial charge on any atom is -0.309 e. The third-order valence-corrected chi connectivity index (χ3v) is 3.75. The van der Waals surface area contributed by atoms with Crippen molar-refractivity contribution < 1.29 is 0 Å². The van der Waals surface area contributed by atoms with Gasteiger partial charge in [-0.2, -0.15) is 5.10 Å². The largest absolute Gasteiger partial charge is 0.309 e. The molecule has 0 saturated heterocycles. The van der Waals surface area contributed by atoms with Crippen molar-refractivity contribution in [3.05, 3.63) is 40.7 Å². The Bertz CT molecular complexity index is 552. The summed E-state index contributed by atoms with van der Waals surface area (Å²) in [5, 5.41) is 8.67. The van der Waals surface area contributed by atoms with E-state index in [4.69, 9.17) is 11.6 Å². The zero-order valence-corrected chi connectivity index (χ0v) is 12.9. The highest BCUT2D eigenvalue weighted by atomic mass is 35.5. The van der Waals surface area contributed by atoms with Gasteiger partial charge in [0.15, 0.2) is 0 Å². The van der Waals surface area contributed by atoms with E-state index in [9.17, 15) is 0 Å². The van der Waals surface area contributed by atoms with Gasteiger partial charge in [0.2, 0.25) is 0 Å². The molecule has 2 aromatic heterocycles. The second kappa shape index (κ2) is 6.81. The third kappa shape index (κ3) is 3.16. The summed E-state index contributed by atoms with van der Waals surface area (Å²) in [5.74, 6) is 0. The molecule has 6 heteroatoms. The molecule has 1 atom stereocenters. The Morgan fingerprint density at radius 1 is 1.40 bits per heavy atom. The lowest BCUT2D eigenvalue weighted by Gasteiger charge is -2.17. The second-order valence-electron chi connectivity index (χ2n) is 4.63. The summed E-state index contributed by atoms with van der Waals surface area (Å²) in [6.45, 7) is 5.01. The van der Waals surface area contributed by atoms with Crippen LogP contribution in [0.3, 0.4) is 0 Å². The minimum absolute atomic E-state index is 0.112. The van der Waals surface area contributed by atoms with Gasteiger partial charge in [0.25, 0.3) is 0 Å². The van der Waals surface area contributed by atoms with Gasteiger partial charge in [0, 0.05) is 19.7 Å². The van der Waals surface area contributed by atoms with Crippen LogP contribution in [0, 0.1) is 0 Å². The maximum absolute atomic E-state index is 6.42. The number of likely N-dealkylation sites (N-methyl/N-ethyl adjacent to an activating group) is 1. The Balaban J connectivity index is 2.27. The Morgan fingerprint density at radius 3 is 2.75 bits per heavy atom. The van der Waals surface area contributed by atoms with Crippen LogP contribution >= 0.6 is 11.6 Å². The van der Waals surface area contributed by atoms with Gasteiger partial charge in [-0.05, 0) is 19.0 Å². The molecule has 0 bridgehead atoms. The molecule has 0 aliphatic carbocycles. The lowest BCUT2D eigenvalue weighted by molar-refractivity contribution is 0.516. The Hall–Kier alpha value is -1.46. The predicted molar refractivity (Wildman–Crippen MR) is 79.7 cm³/mol. The Labute approximate surface area is 124 Å². The first-order valence-corrected chi connectivity index (χ1v) is 7.24. The van der Waals surface area contributed by atoms with Crippen LogP contribution in [0.2, 0.25) is 5.02 Å². The highest BCUT2D eigenvalue weighted by molar-refractivity contribution is 6.31. The van der Waals surface area contributed by atoms with Crippen molar-refractivity contribution in [2.45, 2.75) is 32.7 Å². The van der Waals surface area contributed by atoms with Crippen LogP contribution in [0.25, 0.3) is 0 Å². The smallest absolute Gasteiger partial charge is 0.115 e. The first-order chi connectivity index (χ1) is 9.67. The average Bonchev–Trinajstić information content (AvgIpc) is 2.75. The quantitative estimate of drug-likeness (QED) is 0.888. The Kier molecular flexibility index (Phi) is 5.09. The van der Waals surface area contributed by atoms with E-state index >= 15 is 0 Å². The van der Waals surface area contributed by atoms with Crippen LogP contribution in [0.5, 0.6) is 0 Å². The minimum atomic E-state index is 0.112. The SMILES string of the molecule is CCNC(Cc1c(Cl)c(CC)nn1C)c1ccncn1. The average molecular weight is 294 g/mol. The van der Waals surface area contributed by atoms with Gasteiger partial charge >= 0.3 is 0 Å². The van der Waals surface area contributed by atoms with Gasteiger partial charge in [-0.3, -0.25) is 4.68 Å². The first-order valence-electron chi connectivity index (χ1n) is 6.86. The van der Waals surface area contributed by atoms with Gasteiger partial charge in [0.1, 0.15) is 6.33 Å². The Morgan fingerprint density at radius 2 is 2.20 bits per heavy atom. The second-order valence-corrected chi connectivity index (χ2v) is 5.01. The molecule has 0 fully saturated rings. The maximum atomic E-state index is 6.42. The predicted octanol–water partition coefficient (Wildman–Crippen LogP) is 2.32. The monoisotopic (exact) mass is 293 g/mol. The van der Waals surface area contributed by atoms with E-state index in [1.807, 2.05) is 17.8 Å². The number of halogens is 1. The summed E-state index contributed by atoms with van der Waals surface area (Å²) in [6, 6.07) is 2.04. The van der Waals surface area contributed by atoms with E-state index in [2.05, 4.69) is 34.2 Å². The van der Waals surface area contributed by atoms with E-state index in [1.54, 1.807) is 12.5 Å². The summed E-state index contributed by atoms with van der Waals surface area (Å²) in [5.41, 5.74) is 2.95. The summed E-state index contributed by atoms with van der Waals surface area (Å²) in [7, 11) is 1.93. The van der Waals surface area contributed by atoms with E-state index in [0.717, 1.165) is 41.5 Å². The van der Waals surface area contributed by atoms with Gasteiger partial charge in [-0.25, -0.2) is 9.97 Å². The van der Waals surface area contributed by atoms with Crippen molar-refractivity contribution in [1.29, 1.82) is 0 Å². The molecule has 0 radical (unpaired) electrons. The zero-order chi connectivity index (χ0) is 14.5. The van der Waals surface area contributed by atoms with Crippen LogP contribution in [-0.4, -0.2) is 26.3 Å². The fourth-order valence-corrected chi connectivity index (χ4v) is 2.64. The number of rotatable bonds is 6. The number of aromatic nitrogens is 4. The highest BCUT2D eigenvalue weighted by Gasteiger charge is 2.19. The molecular weight excluding hydrogens is 274 g/mol. The number of hydrogen-bond acceptors (Lipinski definition) is 4. The van der Waals surface area contributed by atoms with E-state index in [0.29, 0.717) is 0 Å². The van der Waals surface area contributed by atoms with Crippen molar-refractivity contribution in [1.82, 2.24) is 25.1 Å². The molecule has 0 aromatic carbocycles. The molecule has 0 aliphatic rings. The summed E-state index contributed by atoms with van der Waals surface area (Å²) in [4.78, 5) is 8.30. The molecular formula is C14H20ClN5. The molecule has 0 amide bonds. The molecule has 2 heterocycles. The van der Waals surface area contributed by atoms with E-state index in [-0.39, 0.29) is 6.04 Å². The van der Waals surface area contributed by atoms with Crippen molar-refractivity contribution in [3.63, 3.8) is 0 Å². The van der Waals surface area contributed by atoms with Crippen LogP contribution in [-0.2, 0) is 19.9 Å². The molecule has 0 spiro atoms. The summed E-state index contributed by atoms with van der Waals surface area (Å²) in [6.07, 6.45) is 4.93. The molecule has 108 valence electrons. The lowest BCUT2D eigenvalue weighted by atomic mass is 10.1. The first kappa shape index (κ1) is 14.9. The van der Waals surface area contributed by atoms with Crippen molar-refractivity contribution in [3.8, 4) is 0 Å². The fourth-order valence-electron chi connectivity index (χ4n) is 2.27. The van der Waals surface area contributed by atoms with Gasteiger partial charge in [-0.1, -0.05) is 25.4 Å². The van der Waals surface area contributed by atoms with Gasteiger partial charge < -0.3 is 5.32 Å². The summed E-state index contributed by atoms with van der Waals surface area (Å²) < 4.78 is 1.87. The highest BCUT2D eigenvalue weighted by Crippen LogP contribution is 2.25. The number of hydrogen-bond donors (Lipinski definition) is 1. The van der Waals surface area contributed by atoms with Crippen molar-refractivity contribution in [2.75, 3.05) is 6.54 Å². The molecule has 0 saturated carbocycles. The zero-order valence-electron chi connectivity index (χ0n) is 12.1. The van der Waals surface area contributed by atoms with Crippen LogP contribution in [0.1, 0.15) is 37.0 Å². The molecule has 2 rings (SSSR count). The molecule has 1 N–H and O–H groups in total. The van der Waals surface area contributed by atoms with Crippen molar-refractivity contribution >= 4 is 11.6 Å². The number of aryl methyl sites for hydroxylation is 2. The molecule has 5 nitrogen and oxygen atoms in total. The fraction of sp³-hybridized carbons (Fsp3) is 0.500. The standard InChI is InChI=1S/C14H20ClN5/c1-4-10-14(15)13(20(3)19-10)8-12(17-5-2)11-6-7-16-9-18-11/h6-7,9,12,17H,4-5,8H2,1-3H3. The van der Waals surface area contributed by atoms with E-state index < -0.39 is 0 Å². The lowest BCUT2D eigenvalue weighted by Crippen LogP contribution is -2.25. The molecule has 20 heavy (non-hydrogen) atoms. The van der Waals surface area contributed by atoms with Crippen LogP contribution < -0.4 is 5.32 Å². The number of nitrogens with one attached hydrogen (secondary N) is 1. The molecule has 2 aromatic rings. The van der Waals surface area contributed by atoms with E-state index in [1.165, 1.54) is 0 Å². The maximum Gasteiger partial charge on any atom is 0.115 e. The number of nitrogens with zero attached hydrogens (tertiary/aromatic N) is 4. The normalized spacial score (nSPS) is 12.6. The van der Waals surface area contributed by atoms with Gasteiger partial charge in [-0.15, -0.1) is 0 Å². The van der Waals surface area contributed by atoms with Crippen molar-refractivity contribution in [2.24, 2.45) is 7.05 Å². The van der Waals surface area contributed by atoms with Crippen LogP contribution in [0.4, 0.5) is 0 Å². The molecule has 1 unspecified atom stereocenters. The third-order valence-electron chi connectivity index (χ3n) is 3.31.